The lowest BCUT2D eigenvalue weighted by molar-refractivity contribution is -0.112. The molecule has 0 radical (unpaired) electrons. The van der Waals surface area contributed by atoms with E-state index in [1.54, 1.807) is 4.90 Å². The van der Waals surface area contributed by atoms with E-state index >= 15 is 0 Å². The number of amides is 1. The lowest BCUT2D eigenvalue weighted by Gasteiger charge is -2.31. The van der Waals surface area contributed by atoms with E-state index in [4.69, 9.17) is 0 Å². The normalized spacial score (nSPS) is 16.8. The third kappa shape index (κ3) is 2.32. The Bertz CT molecular complexity index is 599. The molecule has 1 amide bonds. The Balaban J connectivity index is 1.93. The Morgan fingerprint density at radius 1 is 0.947 bits per heavy atom. The van der Waals surface area contributed by atoms with Crippen molar-refractivity contribution in [3.05, 3.63) is 48.0 Å². The maximum Gasteiger partial charge on any atom is 0.254 e. The van der Waals surface area contributed by atoms with E-state index in [1.807, 2.05) is 42.5 Å². The standard InChI is InChI=1S/C15H16N2O2/c18-15(16-8-10-17(19)11-9-16)14-7-3-5-12-4-1-2-6-13(12)14/h1-7,19H,8-11H2. The van der Waals surface area contributed by atoms with Gasteiger partial charge in [-0.1, -0.05) is 36.4 Å². The Kier molecular flexibility index (Phi) is 3.19. The molecule has 3 rings (SSSR count). The van der Waals surface area contributed by atoms with Crippen LogP contribution in [0.25, 0.3) is 10.8 Å². The minimum Gasteiger partial charge on any atom is -0.336 e. The van der Waals surface area contributed by atoms with Crippen molar-refractivity contribution in [2.75, 3.05) is 26.2 Å². The fourth-order valence-electron chi connectivity index (χ4n) is 2.48. The van der Waals surface area contributed by atoms with Crippen molar-refractivity contribution >= 4 is 16.7 Å². The van der Waals surface area contributed by atoms with Crippen molar-refractivity contribution in [3.8, 4) is 0 Å². The van der Waals surface area contributed by atoms with E-state index in [2.05, 4.69) is 0 Å². The van der Waals surface area contributed by atoms with Crippen molar-refractivity contribution in [1.29, 1.82) is 0 Å². The Morgan fingerprint density at radius 3 is 2.42 bits per heavy atom. The summed E-state index contributed by atoms with van der Waals surface area (Å²) in [6.07, 6.45) is 0. The predicted molar refractivity (Wildman–Crippen MR) is 73.2 cm³/mol. The molecular formula is C15H16N2O2. The summed E-state index contributed by atoms with van der Waals surface area (Å²) in [5.41, 5.74) is 0.740. The molecule has 4 nitrogen and oxygen atoms in total. The van der Waals surface area contributed by atoms with Gasteiger partial charge in [-0.15, -0.1) is 0 Å². The maximum absolute atomic E-state index is 12.5. The average molecular weight is 256 g/mol. The zero-order valence-electron chi connectivity index (χ0n) is 10.6. The Hall–Kier alpha value is -1.91. The highest BCUT2D eigenvalue weighted by atomic mass is 16.5. The molecule has 0 spiro atoms. The molecule has 1 aliphatic rings. The Morgan fingerprint density at radius 2 is 1.63 bits per heavy atom. The number of nitrogens with zero attached hydrogens (tertiary/aromatic N) is 2. The molecule has 0 atom stereocenters. The van der Waals surface area contributed by atoms with E-state index in [9.17, 15) is 10.0 Å². The second-order valence-electron chi connectivity index (χ2n) is 4.77. The molecule has 0 bridgehead atoms. The van der Waals surface area contributed by atoms with Crippen LogP contribution in [0, 0.1) is 0 Å². The number of hydroxylamine groups is 2. The molecule has 4 heteroatoms. The molecule has 98 valence electrons. The summed E-state index contributed by atoms with van der Waals surface area (Å²) >= 11 is 0. The van der Waals surface area contributed by atoms with Crippen molar-refractivity contribution in [2.45, 2.75) is 0 Å². The van der Waals surface area contributed by atoms with Gasteiger partial charge >= 0.3 is 0 Å². The van der Waals surface area contributed by atoms with Crippen LogP contribution in [0.3, 0.4) is 0 Å². The summed E-state index contributed by atoms with van der Waals surface area (Å²) in [5.74, 6) is 0.0462. The lowest BCUT2D eigenvalue weighted by Crippen LogP contribution is -2.47. The highest BCUT2D eigenvalue weighted by Crippen LogP contribution is 2.20. The third-order valence-corrected chi connectivity index (χ3v) is 3.56. The Labute approximate surface area is 111 Å². The van der Waals surface area contributed by atoms with E-state index < -0.39 is 0 Å². The van der Waals surface area contributed by atoms with Crippen molar-refractivity contribution < 1.29 is 10.0 Å². The molecule has 0 aliphatic carbocycles. The van der Waals surface area contributed by atoms with Crippen LogP contribution in [0.2, 0.25) is 0 Å². The van der Waals surface area contributed by atoms with Gasteiger partial charge < -0.3 is 10.1 Å². The zero-order chi connectivity index (χ0) is 13.2. The van der Waals surface area contributed by atoms with Crippen LogP contribution in [0.4, 0.5) is 0 Å². The topological polar surface area (TPSA) is 43.8 Å². The molecule has 0 unspecified atom stereocenters. The van der Waals surface area contributed by atoms with Crippen LogP contribution in [-0.4, -0.2) is 47.3 Å². The summed E-state index contributed by atoms with van der Waals surface area (Å²) in [6, 6.07) is 13.7. The van der Waals surface area contributed by atoms with Crippen LogP contribution >= 0.6 is 0 Å². The SMILES string of the molecule is O=C(c1cccc2ccccc12)N1CCN(O)CC1. The van der Waals surface area contributed by atoms with E-state index in [0.717, 1.165) is 16.3 Å². The number of carbonyl (C=O) groups is 1. The summed E-state index contributed by atoms with van der Waals surface area (Å²) in [4.78, 5) is 14.3. The first-order valence-corrected chi connectivity index (χ1v) is 6.46. The van der Waals surface area contributed by atoms with Gasteiger partial charge in [0.15, 0.2) is 0 Å². The van der Waals surface area contributed by atoms with Gasteiger partial charge in [-0.3, -0.25) is 4.79 Å². The molecule has 1 saturated heterocycles. The minimum absolute atomic E-state index is 0.0462. The van der Waals surface area contributed by atoms with Gasteiger partial charge in [-0.2, -0.15) is 5.06 Å². The van der Waals surface area contributed by atoms with Crippen molar-refractivity contribution in [2.24, 2.45) is 0 Å². The van der Waals surface area contributed by atoms with Gasteiger partial charge in [0.25, 0.3) is 5.91 Å². The van der Waals surface area contributed by atoms with Gasteiger partial charge in [0.05, 0.1) is 0 Å². The number of rotatable bonds is 1. The van der Waals surface area contributed by atoms with Crippen LogP contribution in [0.1, 0.15) is 10.4 Å². The molecule has 0 aromatic heterocycles. The largest absolute Gasteiger partial charge is 0.336 e. The molecule has 1 fully saturated rings. The molecule has 2 aromatic carbocycles. The van der Waals surface area contributed by atoms with E-state index in [1.165, 1.54) is 5.06 Å². The van der Waals surface area contributed by atoms with Crippen LogP contribution in [0.15, 0.2) is 42.5 Å². The quantitative estimate of drug-likeness (QED) is 0.848. The van der Waals surface area contributed by atoms with Gasteiger partial charge in [0.2, 0.25) is 0 Å². The van der Waals surface area contributed by atoms with Gasteiger partial charge in [-0.05, 0) is 16.8 Å². The minimum atomic E-state index is 0.0462. The van der Waals surface area contributed by atoms with E-state index in [-0.39, 0.29) is 5.91 Å². The number of carbonyl (C=O) groups excluding carboxylic acids is 1. The summed E-state index contributed by atoms with van der Waals surface area (Å²) in [6.45, 7) is 2.16. The monoisotopic (exact) mass is 256 g/mol. The van der Waals surface area contributed by atoms with Crippen LogP contribution in [0.5, 0.6) is 0 Å². The second kappa shape index (κ2) is 4.99. The summed E-state index contributed by atoms with van der Waals surface area (Å²) in [5, 5.41) is 12.7. The number of hydrogen-bond acceptors (Lipinski definition) is 3. The number of fused-ring (bicyclic) bond motifs is 1. The first-order valence-electron chi connectivity index (χ1n) is 6.46. The molecule has 1 N–H and O–H groups in total. The highest BCUT2D eigenvalue weighted by molar-refractivity contribution is 6.07. The smallest absolute Gasteiger partial charge is 0.254 e. The number of piperazine rings is 1. The predicted octanol–water partition coefficient (Wildman–Crippen LogP) is 1.99. The molecular weight excluding hydrogens is 240 g/mol. The van der Waals surface area contributed by atoms with Gasteiger partial charge in [-0.25, -0.2) is 0 Å². The fourth-order valence-corrected chi connectivity index (χ4v) is 2.48. The molecule has 2 aromatic rings. The number of benzene rings is 2. The maximum atomic E-state index is 12.5. The molecule has 1 heterocycles. The molecule has 1 aliphatic heterocycles. The average Bonchev–Trinajstić information content (AvgIpc) is 2.47. The number of hydrogen-bond donors (Lipinski definition) is 1. The second-order valence-corrected chi connectivity index (χ2v) is 4.77. The van der Waals surface area contributed by atoms with Crippen molar-refractivity contribution in [1.82, 2.24) is 9.96 Å². The highest BCUT2D eigenvalue weighted by Gasteiger charge is 2.22. The molecule has 19 heavy (non-hydrogen) atoms. The van der Waals surface area contributed by atoms with Crippen LogP contribution < -0.4 is 0 Å². The van der Waals surface area contributed by atoms with E-state index in [0.29, 0.717) is 26.2 Å². The zero-order valence-corrected chi connectivity index (χ0v) is 10.6. The fraction of sp³-hybridized carbons (Fsp3) is 0.267. The van der Waals surface area contributed by atoms with Gasteiger partial charge in [0, 0.05) is 31.7 Å². The van der Waals surface area contributed by atoms with Crippen LogP contribution in [-0.2, 0) is 0 Å². The first-order chi connectivity index (χ1) is 9.25. The lowest BCUT2D eigenvalue weighted by atomic mass is 10.0. The summed E-state index contributed by atoms with van der Waals surface area (Å²) < 4.78 is 0. The van der Waals surface area contributed by atoms with Gasteiger partial charge in [0.1, 0.15) is 0 Å². The molecule has 0 saturated carbocycles. The summed E-state index contributed by atoms with van der Waals surface area (Å²) in [7, 11) is 0. The third-order valence-electron chi connectivity index (χ3n) is 3.56. The van der Waals surface area contributed by atoms with Crippen molar-refractivity contribution in [3.63, 3.8) is 0 Å². The first kappa shape index (κ1) is 12.1.